The van der Waals surface area contributed by atoms with Crippen LogP contribution in [0.4, 0.5) is 0 Å². The first-order valence-corrected chi connectivity index (χ1v) is 20.7. The molecule has 0 aliphatic carbocycles. The van der Waals surface area contributed by atoms with Crippen molar-refractivity contribution in [2.45, 2.75) is 0 Å². The Morgan fingerprint density at radius 2 is 0.836 bits per heavy atom. The van der Waals surface area contributed by atoms with Gasteiger partial charge in [0.2, 0.25) is 0 Å². The van der Waals surface area contributed by atoms with Gasteiger partial charge < -0.3 is 4.57 Å². The minimum Gasteiger partial charge on any atom is -0.309 e. The number of nitrogens with zero attached hydrogens (tertiary/aromatic N) is 4. The van der Waals surface area contributed by atoms with Gasteiger partial charge in [0.15, 0.2) is 17.5 Å². The summed E-state index contributed by atoms with van der Waals surface area (Å²) in [7, 11) is 0. The van der Waals surface area contributed by atoms with Gasteiger partial charge in [-0.05, 0) is 73.3 Å². The topological polar surface area (TPSA) is 43.6 Å². The zero-order valence-corrected chi connectivity index (χ0v) is 33.1. The van der Waals surface area contributed by atoms with Crippen LogP contribution in [0.25, 0.3) is 116 Å². The number of fused-ring (bicyclic) bond motifs is 7. The van der Waals surface area contributed by atoms with Gasteiger partial charge in [0, 0.05) is 38.7 Å². The SMILES string of the molecule is c1ccc(-c2ccccc2-c2nc(-c3ccccc3-c3cccc4c5ccccc5n(-c5ccccc5)c34)nc(-c3c4ccccc4cc4c3ccc3ccccc34)n2)cc1. The Bertz CT molecular complexity index is 3650. The third kappa shape index (κ3) is 5.72. The van der Waals surface area contributed by atoms with Crippen LogP contribution in [0.2, 0.25) is 0 Å². The van der Waals surface area contributed by atoms with E-state index in [1.807, 2.05) is 0 Å². The molecule has 0 aliphatic heterocycles. The van der Waals surface area contributed by atoms with Gasteiger partial charge in [-0.15, -0.1) is 0 Å². The van der Waals surface area contributed by atoms with E-state index in [0.29, 0.717) is 17.5 Å². The average molecular weight is 777 g/mol. The summed E-state index contributed by atoms with van der Waals surface area (Å²) in [5.74, 6) is 1.86. The molecule has 0 spiro atoms. The lowest BCUT2D eigenvalue weighted by atomic mass is 9.92. The monoisotopic (exact) mass is 776 g/mol. The standard InChI is InChI=1S/C57H36N4/c1-3-18-37(19-4-1)41-24-11-13-29-49(41)55-58-56(60-57(59-55)53-43-26-10-8-21-39(43)36-51-42-25-9-7-20-38(42)34-35-46(51)53)50-30-14-12-27-44(50)47-31-17-32-48-45-28-15-16-33-52(45)61(54(47)48)40-22-5-2-6-23-40/h1-36H. The number of hydrogen-bond acceptors (Lipinski definition) is 3. The molecule has 0 saturated heterocycles. The van der Waals surface area contributed by atoms with Gasteiger partial charge in [0.05, 0.1) is 11.0 Å². The maximum absolute atomic E-state index is 5.54. The zero-order valence-electron chi connectivity index (χ0n) is 33.1. The molecule has 0 bridgehead atoms. The van der Waals surface area contributed by atoms with Gasteiger partial charge in [-0.3, -0.25) is 0 Å². The Hall–Kier alpha value is -8.21. The van der Waals surface area contributed by atoms with Crippen molar-refractivity contribution < 1.29 is 0 Å². The molecule has 4 nitrogen and oxygen atoms in total. The quantitative estimate of drug-likeness (QED) is 0.125. The lowest BCUT2D eigenvalue weighted by Gasteiger charge is -2.17. The van der Waals surface area contributed by atoms with E-state index < -0.39 is 0 Å². The Balaban J connectivity index is 1.18. The van der Waals surface area contributed by atoms with Crippen LogP contribution in [-0.4, -0.2) is 19.5 Å². The summed E-state index contributed by atoms with van der Waals surface area (Å²) in [5, 5.41) is 9.28. The maximum Gasteiger partial charge on any atom is 0.165 e. The van der Waals surface area contributed by atoms with E-state index in [4.69, 9.17) is 15.0 Å². The number of hydrogen-bond donors (Lipinski definition) is 0. The van der Waals surface area contributed by atoms with Crippen LogP contribution in [0.5, 0.6) is 0 Å². The summed E-state index contributed by atoms with van der Waals surface area (Å²) < 4.78 is 2.39. The van der Waals surface area contributed by atoms with Crippen molar-refractivity contribution >= 4 is 54.1 Å². The Morgan fingerprint density at radius 1 is 0.295 bits per heavy atom. The van der Waals surface area contributed by atoms with Crippen molar-refractivity contribution in [3.8, 4) is 62.1 Å². The van der Waals surface area contributed by atoms with Gasteiger partial charge in [-0.25, -0.2) is 15.0 Å². The van der Waals surface area contributed by atoms with E-state index in [-0.39, 0.29) is 0 Å². The van der Waals surface area contributed by atoms with Crippen LogP contribution in [0.3, 0.4) is 0 Å². The highest BCUT2D eigenvalue weighted by atomic mass is 15.0. The fourth-order valence-corrected chi connectivity index (χ4v) is 9.33. The van der Waals surface area contributed by atoms with Gasteiger partial charge >= 0.3 is 0 Å². The molecular weight excluding hydrogens is 741 g/mol. The second-order valence-corrected chi connectivity index (χ2v) is 15.5. The molecule has 0 fully saturated rings. The lowest BCUT2D eigenvalue weighted by Crippen LogP contribution is -2.03. The van der Waals surface area contributed by atoms with Crippen LogP contribution < -0.4 is 0 Å². The van der Waals surface area contributed by atoms with Crippen LogP contribution in [0.1, 0.15) is 0 Å². The summed E-state index contributed by atoms with van der Waals surface area (Å²) in [5.41, 5.74) is 10.6. The first-order chi connectivity index (χ1) is 30.3. The van der Waals surface area contributed by atoms with E-state index in [2.05, 4.69) is 223 Å². The summed E-state index contributed by atoms with van der Waals surface area (Å²) in [6.45, 7) is 0. The van der Waals surface area contributed by atoms with Crippen molar-refractivity contribution in [1.82, 2.24) is 19.5 Å². The van der Waals surface area contributed by atoms with Crippen molar-refractivity contribution in [2.75, 3.05) is 0 Å². The molecule has 4 heteroatoms. The van der Waals surface area contributed by atoms with E-state index in [9.17, 15) is 0 Å². The molecular formula is C57H36N4. The predicted molar refractivity (Wildman–Crippen MR) is 254 cm³/mol. The Morgan fingerprint density at radius 3 is 1.61 bits per heavy atom. The van der Waals surface area contributed by atoms with Crippen LogP contribution in [-0.2, 0) is 0 Å². The fraction of sp³-hybridized carbons (Fsp3) is 0. The third-order valence-corrected chi connectivity index (χ3v) is 12.0. The summed E-state index contributed by atoms with van der Waals surface area (Å²) in [4.78, 5) is 16.5. The largest absolute Gasteiger partial charge is 0.309 e. The molecule has 12 aromatic rings. The molecule has 0 saturated carbocycles. The number of para-hydroxylation sites is 3. The smallest absolute Gasteiger partial charge is 0.165 e. The van der Waals surface area contributed by atoms with E-state index in [0.717, 1.165) is 71.8 Å². The van der Waals surface area contributed by atoms with Crippen LogP contribution in [0.15, 0.2) is 218 Å². The summed E-state index contributed by atoms with van der Waals surface area (Å²) in [6, 6.07) is 77.4. The molecule has 0 atom stereocenters. The van der Waals surface area contributed by atoms with E-state index >= 15 is 0 Å². The Kier molecular flexibility index (Phi) is 8.13. The van der Waals surface area contributed by atoms with Crippen molar-refractivity contribution in [3.05, 3.63) is 218 Å². The van der Waals surface area contributed by atoms with Crippen LogP contribution >= 0.6 is 0 Å². The molecule has 0 radical (unpaired) electrons. The number of rotatable bonds is 6. The molecule has 0 unspecified atom stereocenters. The highest BCUT2D eigenvalue weighted by Crippen LogP contribution is 2.43. The lowest BCUT2D eigenvalue weighted by molar-refractivity contribution is 1.08. The molecule has 284 valence electrons. The second-order valence-electron chi connectivity index (χ2n) is 15.5. The molecule has 10 aromatic carbocycles. The first kappa shape index (κ1) is 34.8. The average Bonchev–Trinajstić information content (AvgIpc) is 3.68. The molecule has 2 aromatic heterocycles. The van der Waals surface area contributed by atoms with E-state index in [1.54, 1.807) is 0 Å². The normalized spacial score (nSPS) is 11.6. The van der Waals surface area contributed by atoms with Crippen LogP contribution in [0, 0.1) is 0 Å². The minimum atomic E-state index is 0.611. The second kappa shape index (κ2) is 14.3. The molecule has 0 N–H and O–H groups in total. The molecule has 2 heterocycles. The zero-order chi connectivity index (χ0) is 40.3. The van der Waals surface area contributed by atoms with Gasteiger partial charge in [-0.1, -0.05) is 194 Å². The molecule has 0 aliphatic rings. The first-order valence-electron chi connectivity index (χ1n) is 20.7. The minimum absolute atomic E-state index is 0.611. The van der Waals surface area contributed by atoms with Crippen molar-refractivity contribution in [3.63, 3.8) is 0 Å². The Labute approximate surface area is 352 Å². The molecule has 0 amide bonds. The van der Waals surface area contributed by atoms with E-state index in [1.165, 1.54) is 26.9 Å². The third-order valence-electron chi connectivity index (χ3n) is 12.0. The summed E-state index contributed by atoms with van der Waals surface area (Å²) >= 11 is 0. The number of aromatic nitrogens is 4. The predicted octanol–water partition coefficient (Wildman–Crippen LogP) is 14.8. The van der Waals surface area contributed by atoms with Crippen molar-refractivity contribution in [1.29, 1.82) is 0 Å². The van der Waals surface area contributed by atoms with Gasteiger partial charge in [-0.2, -0.15) is 0 Å². The molecule has 12 rings (SSSR count). The highest BCUT2D eigenvalue weighted by molar-refractivity contribution is 6.20. The fourth-order valence-electron chi connectivity index (χ4n) is 9.33. The highest BCUT2D eigenvalue weighted by Gasteiger charge is 2.23. The van der Waals surface area contributed by atoms with Gasteiger partial charge in [0.1, 0.15) is 0 Å². The van der Waals surface area contributed by atoms with Crippen molar-refractivity contribution in [2.24, 2.45) is 0 Å². The molecule has 61 heavy (non-hydrogen) atoms. The van der Waals surface area contributed by atoms with Gasteiger partial charge in [0.25, 0.3) is 0 Å². The summed E-state index contributed by atoms with van der Waals surface area (Å²) in [6.07, 6.45) is 0. The maximum atomic E-state index is 5.54. The number of benzene rings is 10.